The van der Waals surface area contributed by atoms with E-state index in [0.717, 1.165) is 41.3 Å². The number of carbonyl (C=O) groups excluding carboxylic acids is 2. The molecule has 48 heavy (non-hydrogen) atoms. The largest absolute Gasteiger partial charge is 0.484 e. The molecule has 0 saturated heterocycles. The average molecular weight is 660 g/mol. The molecule has 0 spiro atoms. The summed E-state index contributed by atoms with van der Waals surface area (Å²) < 4.78 is 6.57. The molecular formula is C40H61N5O3. The lowest BCUT2D eigenvalue weighted by Gasteiger charge is -2.28. The number of anilines is 1. The summed E-state index contributed by atoms with van der Waals surface area (Å²) >= 11 is 0. The minimum Gasteiger partial charge on any atom is -0.484 e. The van der Waals surface area contributed by atoms with Crippen LogP contribution in [0.1, 0.15) is 93.7 Å². The van der Waals surface area contributed by atoms with E-state index in [1.807, 2.05) is 114 Å². The van der Waals surface area contributed by atoms with Gasteiger partial charge in [0.25, 0.3) is 5.91 Å². The SMILES string of the molecule is CC(C)(C)C.CCN=C(C)NC1=C(/C=C(/C)CC)C(=O)N(c2cccc(OC(CN(C)C(=O)C(C)CC)c3ccccc3)c2)CCN1C. The Balaban J connectivity index is 0.00000149. The predicted octanol–water partition coefficient (Wildman–Crippen LogP) is 8.24. The third kappa shape index (κ3) is 12.9. The van der Waals surface area contributed by atoms with Gasteiger partial charge in [-0.25, -0.2) is 0 Å². The summed E-state index contributed by atoms with van der Waals surface area (Å²) in [4.78, 5) is 37.2. The Hall–Kier alpha value is -4.07. The molecule has 1 aliphatic heterocycles. The quantitative estimate of drug-likeness (QED) is 0.184. The van der Waals surface area contributed by atoms with Gasteiger partial charge in [-0.3, -0.25) is 14.6 Å². The maximum absolute atomic E-state index is 14.2. The highest BCUT2D eigenvalue weighted by Crippen LogP contribution is 2.30. The van der Waals surface area contributed by atoms with Gasteiger partial charge in [0.2, 0.25) is 5.91 Å². The molecule has 264 valence electrons. The van der Waals surface area contributed by atoms with E-state index in [1.165, 1.54) is 0 Å². The van der Waals surface area contributed by atoms with Crippen molar-refractivity contribution < 1.29 is 14.3 Å². The number of nitrogens with zero attached hydrogens (tertiary/aromatic N) is 4. The first-order valence-corrected chi connectivity index (χ1v) is 17.4. The van der Waals surface area contributed by atoms with Gasteiger partial charge in [-0.15, -0.1) is 0 Å². The summed E-state index contributed by atoms with van der Waals surface area (Å²) in [5.74, 6) is 2.11. The van der Waals surface area contributed by atoms with Gasteiger partial charge in [-0.05, 0) is 62.8 Å². The predicted molar refractivity (Wildman–Crippen MR) is 201 cm³/mol. The van der Waals surface area contributed by atoms with Crippen LogP contribution in [0.15, 0.2) is 82.6 Å². The molecule has 8 nitrogen and oxygen atoms in total. The van der Waals surface area contributed by atoms with Crippen LogP contribution in [0.5, 0.6) is 5.75 Å². The second-order valence-electron chi connectivity index (χ2n) is 14.2. The van der Waals surface area contributed by atoms with E-state index in [2.05, 4.69) is 49.8 Å². The van der Waals surface area contributed by atoms with Crippen molar-refractivity contribution >= 4 is 23.3 Å². The fourth-order valence-corrected chi connectivity index (χ4v) is 4.91. The van der Waals surface area contributed by atoms with Crippen molar-refractivity contribution in [3.8, 4) is 5.75 Å². The van der Waals surface area contributed by atoms with Gasteiger partial charge in [0, 0.05) is 51.4 Å². The Bertz CT molecular complexity index is 1420. The van der Waals surface area contributed by atoms with Gasteiger partial charge < -0.3 is 24.8 Å². The second-order valence-corrected chi connectivity index (χ2v) is 14.2. The first kappa shape index (κ1) is 40.1. The minimum absolute atomic E-state index is 0.0546. The lowest BCUT2D eigenvalue weighted by Crippen LogP contribution is -2.36. The van der Waals surface area contributed by atoms with Crippen LogP contribution in [0, 0.1) is 11.3 Å². The normalized spacial score (nSPS) is 15.7. The van der Waals surface area contributed by atoms with Crippen LogP contribution in [-0.2, 0) is 9.59 Å². The molecule has 0 bridgehead atoms. The second kappa shape index (κ2) is 19.1. The van der Waals surface area contributed by atoms with Gasteiger partial charge >= 0.3 is 0 Å². The summed E-state index contributed by atoms with van der Waals surface area (Å²) in [7, 11) is 3.82. The minimum atomic E-state index is -0.373. The number of carbonyl (C=O) groups is 2. The van der Waals surface area contributed by atoms with Crippen molar-refractivity contribution in [3.63, 3.8) is 0 Å². The molecule has 0 radical (unpaired) electrons. The number of hydrogen-bond donors (Lipinski definition) is 1. The van der Waals surface area contributed by atoms with E-state index in [1.54, 1.807) is 4.90 Å². The van der Waals surface area contributed by atoms with Gasteiger partial charge in [0.1, 0.15) is 17.7 Å². The van der Waals surface area contributed by atoms with Gasteiger partial charge in [-0.2, -0.15) is 0 Å². The Labute approximate surface area is 290 Å². The van der Waals surface area contributed by atoms with E-state index in [4.69, 9.17) is 4.74 Å². The molecule has 0 fully saturated rings. The molecule has 2 unspecified atom stereocenters. The van der Waals surface area contributed by atoms with E-state index in [9.17, 15) is 9.59 Å². The summed E-state index contributed by atoms with van der Waals surface area (Å²) in [6.07, 6.45) is 3.23. The zero-order valence-corrected chi connectivity index (χ0v) is 31.7. The van der Waals surface area contributed by atoms with Crippen molar-refractivity contribution in [2.45, 2.75) is 88.2 Å². The molecule has 1 aliphatic rings. The highest BCUT2D eigenvalue weighted by molar-refractivity contribution is 6.08. The number of likely N-dealkylation sites (N-methyl/N-ethyl adjacent to an activating group) is 2. The molecule has 2 amide bonds. The monoisotopic (exact) mass is 659 g/mol. The molecule has 3 rings (SSSR count). The van der Waals surface area contributed by atoms with Crippen molar-refractivity contribution in [2.24, 2.45) is 16.3 Å². The van der Waals surface area contributed by atoms with Crippen LogP contribution in [0.2, 0.25) is 0 Å². The zero-order valence-electron chi connectivity index (χ0n) is 31.7. The van der Waals surface area contributed by atoms with Crippen LogP contribution in [0.3, 0.4) is 0 Å². The topological polar surface area (TPSA) is 77.5 Å². The Morgan fingerprint density at radius 2 is 1.69 bits per heavy atom. The molecule has 1 heterocycles. The molecule has 0 aromatic heterocycles. The van der Waals surface area contributed by atoms with Crippen molar-refractivity contribution in [1.29, 1.82) is 0 Å². The number of nitrogens with one attached hydrogen (secondary N) is 1. The Morgan fingerprint density at radius 3 is 2.27 bits per heavy atom. The summed E-state index contributed by atoms with van der Waals surface area (Å²) in [6.45, 7) is 23.0. The maximum Gasteiger partial charge on any atom is 0.262 e. The lowest BCUT2D eigenvalue weighted by molar-refractivity contribution is -0.134. The first-order valence-electron chi connectivity index (χ1n) is 17.4. The number of amides is 2. The highest BCUT2D eigenvalue weighted by atomic mass is 16.5. The van der Waals surface area contributed by atoms with Crippen molar-refractivity contribution in [2.75, 3.05) is 45.2 Å². The fraction of sp³-hybridized carbons (Fsp3) is 0.525. The van der Waals surface area contributed by atoms with Gasteiger partial charge in [-0.1, -0.05) is 90.4 Å². The molecule has 2 aromatic carbocycles. The van der Waals surface area contributed by atoms with E-state index >= 15 is 0 Å². The highest BCUT2D eigenvalue weighted by Gasteiger charge is 2.29. The molecule has 8 heteroatoms. The molecule has 2 aromatic rings. The van der Waals surface area contributed by atoms with Crippen LogP contribution < -0.4 is 15.0 Å². The number of benzene rings is 2. The van der Waals surface area contributed by atoms with E-state index in [0.29, 0.717) is 42.9 Å². The van der Waals surface area contributed by atoms with Crippen LogP contribution >= 0.6 is 0 Å². The molecule has 1 N–H and O–H groups in total. The summed E-state index contributed by atoms with van der Waals surface area (Å²) in [5.41, 5.74) is 3.95. The first-order chi connectivity index (χ1) is 22.6. The smallest absolute Gasteiger partial charge is 0.262 e. The molecular weight excluding hydrogens is 598 g/mol. The number of aliphatic imine (C=N–C) groups is 1. The lowest BCUT2D eigenvalue weighted by atomic mass is 10.0. The van der Waals surface area contributed by atoms with Crippen LogP contribution in [-0.4, -0.2) is 67.7 Å². The molecule has 2 atom stereocenters. The van der Waals surface area contributed by atoms with E-state index < -0.39 is 0 Å². The number of rotatable bonds is 12. The Kier molecular flexibility index (Phi) is 15.9. The number of amidine groups is 1. The van der Waals surface area contributed by atoms with Gasteiger partial charge in [0.05, 0.1) is 18.0 Å². The third-order valence-electron chi connectivity index (χ3n) is 7.84. The summed E-state index contributed by atoms with van der Waals surface area (Å²) in [6, 6.07) is 17.6. The zero-order chi connectivity index (χ0) is 36.0. The Morgan fingerprint density at radius 1 is 1.04 bits per heavy atom. The summed E-state index contributed by atoms with van der Waals surface area (Å²) in [5, 5.41) is 3.39. The van der Waals surface area contributed by atoms with Crippen LogP contribution in [0.4, 0.5) is 5.69 Å². The number of allylic oxidation sites excluding steroid dienone is 1. The van der Waals surface area contributed by atoms with Crippen LogP contribution in [0.25, 0.3) is 0 Å². The van der Waals surface area contributed by atoms with Crippen molar-refractivity contribution in [3.05, 3.63) is 83.2 Å². The van der Waals surface area contributed by atoms with Crippen molar-refractivity contribution in [1.82, 2.24) is 15.1 Å². The number of hydrogen-bond acceptors (Lipinski definition) is 5. The number of ether oxygens (including phenoxy) is 1. The fourth-order valence-electron chi connectivity index (χ4n) is 4.91. The van der Waals surface area contributed by atoms with E-state index in [-0.39, 0.29) is 23.8 Å². The maximum atomic E-state index is 14.2. The average Bonchev–Trinajstić information content (AvgIpc) is 3.15. The molecule has 0 aliphatic carbocycles. The van der Waals surface area contributed by atoms with Gasteiger partial charge in [0.15, 0.2) is 0 Å². The molecule has 0 saturated carbocycles. The standard InChI is InChI=1S/C35H49N5O3.C5H12/c1-9-25(4)22-31-33(37-27(6)36-11-3)38(7)20-21-40(35(31)42)29-18-15-19-30(23-29)43-32(28-16-13-12-14-17-28)24-39(8)34(41)26(5)10-2;1-5(2,3)4/h12-19,22-23,26,32H,9-11,20-21,24H2,1-8H3,(H,36,37);1-4H3/b25-22-;. The third-order valence-corrected chi connectivity index (χ3v) is 7.84.